The molecule has 0 heterocycles. The summed E-state index contributed by atoms with van der Waals surface area (Å²) in [4.78, 5) is 24.5. The standard InChI is InChI=1S/C21H22Br2NO7P/c1-10(2)30-20(27)11(3)24-19(26)14-9-13(5-6-17(14)25)31-18-15(22)7-12(8-16(18)23)21(4,28)32-29/h5-11,25,28H,1-4H3,(H,24,26)/p+1. The highest BCUT2D eigenvalue weighted by atomic mass is 79.9. The Balaban J connectivity index is 2.27. The molecule has 3 unspecified atom stereocenters. The van der Waals surface area contributed by atoms with E-state index in [4.69, 9.17) is 9.47 Å². The van der Waals surface area contributed by atoms with Crippen LogP contribution >= 0.6 is 40.3 Å². The Morgan fingerprint density at radius 3 is 2.25 bits per heavy atom. The maximum absolute atomic E-state index is 12.6. The predicted molar refractivity (Wildman–Crippen MR) is 127 cm³/mol. The van der Waals surface area contributed by atoms with E-state index >= 15 is 0 Å². The van der Waals surface area contributed by atoms with Crippen LogP contribution in [-0.4, -0.2) is 34.2 Å². The average molecular weight is 592 g/mol. The van der Waals surface area contributed by atoms with E-state index in [1.54, 1.807) is 26.0 Å². The molecular formula is C21H23Br2NO7P+. The van der Waals surface area contributed by atoms with Crippen LogP contribution in [-0.2, 0) is 19.4 Å². The molecule has 3 N–H and O–H groups in total. The van der Waals surface area contributed by atoms with E-state index in [1.165, 1.54) is 32.0 Å². The molecule has 2 aromatic rings. The SMILES string of the molecule is CC(C)OC(=O)C(C)NC(=O)c1cc(Oc2c(Br)cc(C(C)(O)[PH+]=O)cc2Br)ccc1O. The maximum atomic E-state index is 12.6. The molecule has 0 fully saturated rings. The van der Waals surface area contributed by atoms with Crippen LogP contribution in [0.25, 0.3) is 0 Å². The molecule has 32 heavy (non-hydrogen) atoms. The van der Waals surface area contributed by atoms with Crippen LogP contribution < -0.4 is 10.1 Å². The Labute approximate surface area is 203 Å². The van der Waals surface area contributed by atoms with Gasteiger partial charge in [0, 0.05) is 12.5 Å². The third-order valence-electron chi connectivity index (χ3n) is 4.24. The first kappa shape index (κ1) is 26.3. The molecule has 0 saturated heterocycles. The van der Waals surface area contributed by atoms with Gasteiger partial charge >= 0.3 is 14.4 Å². The third-order valence-corrected chi connectivity index (χ3v) is 6.11. The first-order valence-electron chi connectivity index (χ1n) is 9.49. The fraction of sp³-hybridized carbons (Fsp3) is 0.333. The van der Waals surface area contributed by atoms with Crippen molar-refractivity contribution in [1.82, 2.24) is 5.32 Å². The van der Waals surface area contributed by atoms with Crippen LogP contribution in [0.15, 0.2) is 39.3 Å². The number of phenols is 1. The topological polar surface area (TPSA) is 122 Å². The molecule has 11 heteroatoms. The molecule has 0 spiro atoms. The Morgan fingerprint density at radius 2 is 1.72 bits per heavy atom. The fourth-order valence-electron chi connectivity index (χ4n) is 2.54. The lowest BCUT2D eigenvalue weighted by Gasteiger charge is -2.17. The molecular weight excluding hydrogens is 569 g/mol. The highest BCUT2D eigenvalue weighted by molar-refractivity contribution is 9.11. The van der Waals surface area contributed by atoms with Crippen molar-refractivity contribution in [2.45, 2.75) is 45.2 Å². The van der Waals surface area contributed by atoms with E-state index in [0.717, 1.165) is 0 Å². The smallest absolute Gasteiger partial charge is 0.364 e. The Bertz CT molecular complexity index is 1020. The molecule has 0 aliphatic heterocycles. The molecule has 0 aliphatic rings. The molecule has 0 saturated carbocycles. The zero-order chi connectivity index (χ0) is 24.2. The van der Waals surface area contributed by atoms with Crippen molar-refractivity contribution in [1.29, 1.82) is 0 Å². The fourth-order valence-corrected chi connectivity index (χ4v) is 4.15. The van der Waals surface area contributed by atoms with Crippen molar-refractivity contribution in [2.24, 2.45) is 0 Å². The number of amides is 1. The number of hydrogen-bond acceptors (Lipinski definition) is 7. The number of benzene rings is 2. The third kappa shape index (κ3) is 6.51. The van der Waals surface area contributed by atoms with Gasteiger partial charge in [-0.05, 0) is 83.0 Å². The lowest BCUT2D eigenvalue weighted by atomic mass is 10.1. The number of carbonyl (C=O) groups is 2. The highest BCUT2D eigenvalue weighted by Gasteiger charge is 2.33. The minimum atomic E-state index is -1.53. The Morgan fingerprint density at radius 1 is 1.12 bits per heavy atom. The second-order valence-electron chi connectivity index (χ2n) is 7.41. The number of phenolic OH excluding ortho intramolecular Hbond substituents is 1. The van der Waals surface area contributed by atoms with Gasteiger partial charge < -0.3 is 25.0 Å². The summed E-state index contributed by atoms with van der Waals surface area (Å²) in [6.45, 7) is 6.30. The molecule has 0 bridgehead atoms. The molecule has 8 nitrogen and oxygen atoms in total. The number of ether oxygens (including phenoxy) is 2. The van der Waals surface area contributed by atoms with E-state index < -0.39 is 31.7 Å². The summed E-state index contributed by atoms with van der Waals surface area (Å²) < 4.78 is 23.1. The number of aromatic hydroxyl groups is 1. The molecule has 0 aliphatic carbocycles. The first-order valence-corrected chi connectivity index (χ1v) is 12.0. The van der Waals surface area contributed by atoms with Crippen molar-refractivity contribution < 1.29 is 33.8 Å². The second-order valence-corrected chi connectivity index (χ2v) is 10.3. The van der Waals surface area contributed by atoms with Gasteiger partial charge in [-0.1, -0.05) is 4.57 Å². The number of carbonyl (C=O) groups excluding carboxylic acids is 2. The minimum absolute atomic E-state index is 0.0916. The van der Waals surface area contributed by atoms with Gasteiger partial charge in [0.1, 0.15) is 17.5 Å². The molecule has 0 radical (unpaired) electrons. The van der Waals surface area contributed by atoms with Gasteiger partial charge in [-0.25, -0.2) is 4.79 Å². The van der Waals surface area contributed by atoms with Gasteiger partial charge in [-0.15, -0.1) is 0 Å². The zero-order valence-electron chi connectivity index (χ0n) is 17.7. The van der Waals surface area contributed by atoms with Crippen LogP contribution in [0.4, 0.5) is 0 Å². The van der Waals surface area contributed by atoms with Gasteiger partial charge in [-0.2, -0.15) is 0 Å². The summed E-state index contributed by atoms with van der Waals surface area (Å²) in [5.74, 6) is -0.994. The molecule has 3 atom stereocenters. The summed E-state index contributed by atoms with van der Waals surface area (Å²) >= 11 is 6.72. The maximum Gasteiger partial charge on any atom is 0.364 e. The Hall–Kier alpha value is -2.00. The molecule has 172 valence electrons. The largest absolute Gasteiger partial charge is 0.507 e. The van der Waals surface area contributed by atoms with Crippen LogP contribution in [0.5, 0.6) is 17.2 Å². The quantitative estimate of drug-likeness (QED) is 0.293. The number of halogens is 2. The lowest BCUT2D eigenvalue weighted by Crippen LogP contribution is -2.40. The van der Waals surface area contributed by atoms with Crippen LogP contribution in [0.1, 0.15) is 43.6 Å². The first-order chi connectivity index (χ1) is 14.9. The van der Waals surface area contributed by atoms with Gasteiger partial charge in [0.25, 0.3) is 11.2 Å². The second kappa shape index (κ2) is 10.7. The highest BCUT2D eigenvalue weighted by Crippen LogP contribution is 2.42. The number of nitrogens with one attached hydrogen (secondary N) is 1. The number of rotatable bonds is 8. The number of esters is 1. The summed E-state index contributed by atoms with van der Waals surface area (Å²) in [5.41, 5.74) is 0.316. The predicted octanol–water partition coefficient (Wildman–Crippen LogP) is 4.97. The van der Waals surface area contributed by atoms with E-state index in [1.807, 2.05) is 0 Å². The van der Waals surface area contributed by atoms with Gasteiger partial charge in [0.2, 0.25) is 0 Å². The summed E-state index contributed by atoms with van der Waals surface area (Å²) in [6.07, 6.45) is -0.326. The number of aliphatic hydroxyl groups is 1. The Kier molecular flexibility index (Phi) is 8.82. The summed E-state index contributed by atoms with van der Waals surface area (Å²) in [7, 11) is -0.969. The zero-order valence-corrected chi connectivity index (χ0v) is 21.9. The summed E-state index contributed by atoms with van der Waals surface area (Å²) in [6, 6.07) is 6.31. The molecule has 2 aromatic carbocycles. The van der Waals surface area contributed by atoms with Crippen LogP contribution in [0, 0.1) is 0 Å². The van der Waals surface area contributed by atoms with Crippen molar-refractivity contribution in [3.63, 3.8) is 0 Å². The molecule has 1 amide bonds. The van der Waals surface area contributed by atoms with Crippen molar-refractivity contribution in [2.75, 3.05) is 0 Å². The normalized spacial score (nSPS) is 14.0. The summed E-state index contributed by atoms with van der Waals surface area (Å²) in [5, 5.41) is 21.3. The van der Waals surface area contributed by atoms with Crippen molar-refractivity contribution >= 4 is 52.2 Å². The monoisotopic (exact) mass is 590 g/mol. The number of hydrogen-bond donors (Lipinski definition) is 3. The van der Waals surface area contributed by atoms with Crippen molar-refractivity contribution in [3.05, 3.63) is 50.4 Å². The van der Waals surface area contributed by atoms with E-state index in [2.05, 4.69) is 37.2 Å². The van der Waals surface area contributed by atoms with Gasteiger partial charge in [0.15, 0.2) is 5.75 Å². The lowest BCUT2D eigenvalue weighted by molar-refractivity contribution is -0.149. The van der Waals surface area contributed by atoms with Gasteiger partial charge in [-0.3, -0.25) is 4.79 Å². The van der Waals surface area contributed by atoms with E-state index in [-0.39, 0.29) is 23.2 Å². The van der Waals surface area contributed by atoms with Crippen molar-refractivity contribution in [3.8, 4) is 17.2 Å². The van der Waals surface area contributed by atoms with E-state index in [0.29, 0.717) is 20.3 Å². The van der Waals surface area contributed by atoms with E-state index in [9.17, 15) is 24.4 Å². The average Bonchev–Trinajstić information content (AvgIpc) is 2.70. The van der Waals surface area contributed by atoms with Crippen LogP contribution in [0.2, 0.25) is 0 Å². The molecule has 0 aromatic heterocycles. The minimum Gasteiger partial charge on any atom is -0.507 e. The molecule has 2 rings (SSSR count). The van der Waals surface area contributed by atoms with Gasteiger partial charge in [0.05, 0.1) is 20.6 Å². The van der Waals surface area contributed by atoms with Crippen LogP contribution in [0.3, 0.4) is 0 Å².